The summed E-state index contributed by atoms with van der Waals surface area (Å²) < 4.78 is 6.53. The number of aliphatic carboxylic acids is 1. The second-order valence-electron chi connectivity index (χ2n) is 7.67. The van der Waals surface area contributed by atoms with Crippen LogP contribution in [0.25, 0.3) is 0 Å². The van der Waals surface area contributed by atoms with Gasteiger partial charge in [0.25, 0.3) is 5.91 Å². The molecule has 1 aliphatic heterocycles. The van der Waals surface area contributed by atoms with Crippen LogP contribution in [-0.2, 0) is 25.7 Å². The highest BCUT2D eigenvalue weighted by molar-refractivity contribution is 7.98. The Morgan fingerprint density at radius 2 is 1.59 bits per heavy atom. The molecule has 1 saturated heterocycles. The Morgan fingerprint density at radius 3 is 2.22 bits per heavy atom. The van der Waals surface area contributed by atoms with Gasteiger partial charge in [0.05, 0.1) is 13.0 Å². The average Bonchev–Trinajstić information content (AvgIpc) is 3.15. The number of nitrogens with zero attached hydrogens (tertiary/aromatic N) is 2. The van der Waals surface area contributed by atoms with Gasteiger partial charge in [-0.2, -0.15) is 0 Å². The first-order valence-corrected chi connectivity index (χ1v) is 12.4. The van der Waals surface area contributed by atoms with Crippen molar-refractivity contribution in [3.05, 3.63) is 69.7 Å². The first-order chi connectivity index (χ1) is 17.6. The van der Waals surface area contributed by atoms with Crippen LogP contribution in [0.5, 0.6) is 0 Å². The molecule has 2 aromatic rings. The van der Waals surface area contributed by atoms with Crippen molar-refractivity contribution in [1.82, 2.24) is 19.8 Å². The summed E-state index contributed by atoms with van der Waals surface area (Å²) in [6, 6.07) is 12.5. The van der Waals surface area contributed by atoms with E-state index in [0.717, 1.165) is 22.4 Å². The van der Waals surface area contributed by atoms with E-state index >= 15 is 0 Å². The molecule has 196 valence electrons. The Labute approximate surface area is 226 Å². The highest BCUT2D eigenvalue weighted by atomic mass is 35.5. The topological polar surface area (TPSA) is 145 Å². The monoisotopic (exact) mass is 568 g/mol. The van der Waals surface area contributed by atoms with Crippen molar-refractivity contribution in [3.8, 4) is 0 Å². The number of carboxylic acid groups (broad SMARTS) is 1. The normalized spacial score (nSPS) is 14.9. The Hall–Kier alpha value is -3.48. The lowest BCUT2D eigenvalue weighted by molar-refractivity contribution is -0.147. The number of hydrogen-bond donors (Lipinski definition) is 3. The Morgan fingerprint density at radius 1 is 0.973 bits per heavy atom. The van der Waals surface area contributed by atoms with E-state index < -0.39 is 48.6 Å². The van der Waals surface area contributed by atoms with Crippen molar-refractivity contribution >= 4 is 64.9 Å². The van der Waals surface area contributed by atoms with E-state index in [1.807, 2.05) is 0 Å². The van der Waals surface area contributed by atoms with E-state index in [4.69, 9.17) is 33.0 Å². The minimum absolute atomic E-state index is 0.193. The molecule has 1 fully saturated rings. The van der Waals surface area contributed by atoms with E-state index in [1.165, 1.54) is 16.4 Å². The molecule has 0 saturated carbocycles. The molecule has 1 atom stereocenters. The molecule has 37 heavy (non-hydrogen) atoms. The van der Waals surface area contributed by atoms with Gasteiger partial charge in [0.1, 0.15) is 6.54 Å². The number of hydrogen-bond acceptors (Lipinski definition) is 7. The zero-order valence-electron chi connectivity index (χ0n) is 19.2. The van der Waals surface area contributed by atoms with Crippen LogP contribution < -0.4 is 10.6 Å². The van der Waals surface area contributed by atoms with E-state index in [9.17, 15) is 24.0 Å². The number of amides is 4. The van der Waals surface area contributed by atoms with Gasteiger partial charge in [0.2, 0.25) is 5.91 Å². The van der Waals surface area contributed by atoms with Crippen molar-refractivity contribution in [2.75, 3.05) is 13.3 Å². The standard InChI is InChI=1S/C23H22Cl2N4O7S/c24-16-5-1-14(2-6-16)12-29-23(35)28(13-36-20(33)11-26-18(30)9-10-19(31)32)22(37-29)27-21(34)15-3-7-17(25)8-4-15/h1-8,22H,9-13H2,(H,26,30)(H,27,34)(H,31,32). The lowest BCUT2D eigenvalue weighted by Gasteiger charge is -2.22. The number of ether oxygens (including phenoxy) is 1. The smallest absolute Gasteiger partial charge is 0.335 e. The lowest BCUT2D eigenvalue weighted by atomic mass is 10.2. The molecule has 11 nitrogen and oxygen atoms in total. The third kappa shape index (κ3) is 8.55. The van der Waals surface area contributed by atoms with E-state index in [1.54, 1.807) is 36.4 Å². The number of halogens is 2. The van der Waals surface area contributed by atoms with Crippen LogP contribution in [0.3, 0.4) is 0 Å². The quantitative estimate of drug-likeness (QED) is 0.277. The molecule has 2 aromatic carbocycles. The number of carbonyl (C=O) groups excluding carboxylic acids is 4. The number of rotatable bonds is 11. The largest absolute Gasteiger partial charge is 0.481 e. The van der Waals surface area contributed by atoms with Gasteiger partial charge < -0.3 is 20.5 Å². The number of urea groups is 1. The summed E-state index contributed by atoms with van der Waals surface area (Å²) in [7, 11) is 0. The van der Waals surface area contributed by atoms with Gasteiger partial charge in [-0.05, 0) is 42.0 Å². The maximum atomic E-state index is 13.1. The third-order valence-electron chi connectivity index (χ3n) is 4.93. The van der Waals surface area contributed by atoms with Crippen molar-refractivity contribution in [2.24, 2.45) is 0 Å². The van der Waals surface area contributed by atoms with Crippen molar-refractivity contribution in [1.29, 1.82) is 0 Å². The van der Waals surface area contributed by atoms with E-state index in [0.29, 0.717) is 15.6 Å². The van der Waals surface area contributed by atoms with Gasteiger partial charge in [-0.3, -0.25) is 28.4 Å². The number of nitrogens with one attached hydrogen (secondary N) is 2. The molecule has 0 bridgehead atoms. The Kier molecular flexibility index (Phi) is 10.0. The van der Waals surface area contributed by atoms with Crippen LogP contribution in [-0.4, -0.2) is 62.9 Å². The third-order valence-corrected chi connectivity index (χ3v) is 6.55. The first kappa shape index (κ1) is 28.1. The predicted octanol–water partition coefficient (Wildman–Crippen LogP) is 3.07. The van der Waals surface area contributed by atoms with Crippen LogP contribution >= 0.6 is 35.1 Å². The van der Waals surface area contributed by atoms with E-state index in [-0.39, 0.29) is 19.4 Å². The average molecular weight is 569 g/mol. The molecule has 4 amide bonds. The number of benzene rings is 2. The van der Waals surface area contributed by atoms with Crippen LogP contribution in [0.2, 0.25) is 10.0 Å². The lowest BCUT2D eigenvalue weighted by Crippen LogP contribution is -2.46. The first-order valence-electron chi connectivity index (χ1n) is 10.8. The van der Waals surface area contributed by atoms with Crippen LogP contribution in [0.15, 0.2) is 48.5 Å². The van der Waals surface area contributed by atoms with Crippen LogP contribution in [0.1, 0.15) is 28.8 Å². The zero-order valence-corrected chi connectivity index (χ0v) is 21.5. The highest BCUT2D eigenvalue weighted by Gasteiger charge is 2.40. The summed E-state index contributed by atoms with van der Waals surface area (Å²) in [5.74, 6) is -3.09. The fourth-order valence-corrected chi connectivity index (χ4v) is 4.36. The van der Waals surface area contributed by atoms with Crippen molar-refractivity contribution < 1.29 is 33.8 Å². The van der Waals surface area contributed by atoms with Gasteiger partial charge in [0.15, 0.2) is 12.2 Å². The summed E-state index contributed by atoms with van der Waals surface area (Å²) in [6.45, 7) is -0.819. The number of esters is 1. The van der Waals surface area contributed by atoms with Gasteiger partial charge in [-0.25, -0.2) is 4.79 Å². The minimum atomic E-state index is -1.14. The summed E-state index contributed by atoms with van der Waals surface area (Å²) >= 11 is 12.8. The fraction of sp³-hybridized carbons (Fsp3) is 0.261. The van der Waals surface area contributed by atoms with Crippen molar-refractivity contribution in [2.45, 2.75) is 24.9 Å². The van der Waals surface area contributed by atoms with Crippen LogP contribution in [0, 0.1) is 0 Å². The molecule has 1 heterocycles. The molecule has 0 radical (unpaired) electrons. The molecular formula is C23H22Cl2N4O7S. The molecule has 0 aromatic heterocycles. The molecule has 1 unspecified atom stereocenters. The Balaban J connectivity index is 1.64. The molecule has 1 aliphatic rings. The Bertz CT molecular complexity index is 1160. The SMILES string of the molecule is O=C(O)CCC(=O)NCC(=O)OCN1C(=O)N(Cc2ccc(Cl)cc2)SC1NC(=O)c1ccc(Cl)cc1. The fourth-order valence-electron chi connectivity index (χ4n) is 3.02. The molecule has 14 heteroatoms. The molecule has 3 N–H and O–H groups in total. The van der Waals surface area contributed by atoms with Crippen LogP contribution in [0.4, 0.5) is 4.79 Å². The molecule has 3 rings (SSSR count). The second-order valence-corrected chi connectivity index (χ2v) is 9.64. The molecule has 0 spiro atoms. The number of carbonyl (C=O) groups is 5. The van der Waals surface area contributed by atoms with Gasteiger partial charge in [-0.15, -0.1) is 0 Å². The summed E-state index contributed by atoms with van der Waals surface area (Å²) in [5, 5.41) is 14.6. The maximum absolute atomic E-state index is 13.1. The summed E-state index contributed by atoms with van der Waals surface area (Å²) in [5.41, 5.74) is 0.200. The predicted molar refractivity (Wildman–Crippen MR) is 135 cm³/mol. The van der Waals surface area contributed by atoms with Gasteiger partial charge in [0, 0.05) is 34.0 Å². The highest BCUT2D eigenvalue weighted by Crippen LogP contribution is 2.31. The number of carboxylic acids is 1. The van der Waals surface area contributed by atoms with E-state index in [2.05, 4.69) is 10.6 Å². The second kappa shape index (κ2) is 13.2. The van der Waals surface area contributed by atoms with Gasteiger partial charge >= 0.3 is 18.0 Å². The van der Waals surface area contributed by atoms with Crippen molar-refractivity contribution in [3.63, 3.8) is 0 Å². The van der Waals surface area contributed by atoms with Gasteiger partial charge in [-0.1, -0.05) is 35.3 Å². The molecular weight excluding hydrogens is 547 g/mol. The zero-order chi connectivity index (χ0) is 26.9. The minimum Gasteiger partial charge on any atom is -0.481 e. The maximum Gasteiger partial charge on any atom is 0.335 e. The summed E-state index contributed by atoms with van der Waals surface area (Å²) in [4.78, 5) is 61.3. The summed E-state index contributed by atoms with van der Waals surface area (Å²) in [6.07, 6.45) is -0.666. The molecule has 0 aliphatic carbocycles.